The summed E-state index contributed by atoms with van der Waals surface area (Å²) < 4.78 is 50.2. The van der Waals surface area contributed by atoms with Crippen molar-refractivity contribution in [2.45, 2.75) is 209 Å². The fraction of sp³-hybridized carbons (Fsp3) is 0.844. The monoisotopic (exact) mass is 818 g/mol. The second kappa shape index (κ2) is 17.6. The predicted octanol–water partition coefficient (Wildman–Crippen LogP) is 5.30. The number of rotatable bonds is 10. The van der Waals surface area contributed by atoms with E-state index in [1.807, 2.05) is 19.1 Å². The number of hydrogen-bond donors (Lipinski definition) is 4. The molecule has 58 heavy (non-hydrogen) atoms. The summed E-state index contributed by atoms with van der Waals surface area (Å²) in [5.41, 5.74) is -0.287. The molecule has 7 aliphatic rings. The largest absolute Gasteiger partial charge is 0.467 e. The Labute approximate surface area is 344 Å². The van der Waals surface area contributed by atoms with E-state index in [2.05, 4.69) is 33.4 Å². The average molecular weight is 819 g/mol. The maximum atomic E-state index is 12.2. The van der Waals surface area contributed by atoms with Crippen molar-refractivity contribution in [2.24, 2.45) is 17.8 Å². The summed E-state index contributed by atoms with van der Waals surface area (Å²) in [5, 5.41) is 45.0. The molecule has 13 nitrogen and oxygen atoms in total. The Bertz CT molecular complexity index is 1520. The maximum Gasteiger partial charge on any atom is 0.337 e. The fourth-order valence-corrected chi connectivity index (χ4v) is 10.8. The molecular weight excluding hydrogens is 748 g/mol. The van der Waals surface area contributed by atoms with E-state index in [1.165, 1.54) is 14.0 Å². The minimum absolute atomic E-state index is 0.0145. The third-order valence-electron chi connectivity index (χ3n) is 14.2. The molecule has 3 spiro atoms. The van der Waals surface area contributed by atoms with E-state index in [0.717, 1.165) is 50.7 Å². The van der Waals surface area contributed by atoms with E-state index in [1.54, 1.807) is 0 Å². The van der Waals surface area contributed by atoms with Crippen molar-refractivity contribution in [3.8, 4) is 0 Å². The van der Waals surface area contributed by atoms with Gasteiger partial charge in [-0.2, -0.15) is 0 Å². The Morgan fingerprint density at radius 3 is 2.52 bits per heavy atom. The summed E-state index contributed by atoms with van der Waals surface area (Å²) in [4.78, 5) is 12.2. The third-order valence-corrected chi connectivity index (χ3v) is 14.2. The van der Waals surface area contributed by atoms with Gasteiger partial charge in [0.2, 0.25) is 5.79 Å². The van der Waals surface area contributed by atoms with E-state index in [4.69, 9.17) is 37.9 Å². The summed E-state index contributed by atoms with van der Waals surface area (Å²) in [6, 6.07) is 0. The number of carbonyl (C=O) groups excluding carboxylic acids is 1. The summed E-state index contributed by atoms with van der Waals surface area (Å²) in [7, 11) is 1.24. The number of hydrogen-bond acceptors (Lipinski definition) is 13. The van der Waals surface area contributed by atoms with E-state index >= 15 is 0 Å². The molecule has 7 rings (SSSR count). The SMILES string of the molecule is C=C1[C@@H](O)C2O[C@@]3(CCC2O[C@@H]1[C@@H](O)C[C@H](C)C1O[C@@]2(CCCCO2)CC[C@H]1C)CC[C@@H](/C=C/[C@@H](C)[C@@H]1CC(C)=C[C@@]2(O[C@H](C[C@@](C)(O)C(=O)OC)CC[C@H]2O)O1)O3. The molecule has 13 heteroatoms. The molecule has 0 aromatic rings. The van der Waals surface area contributed by atoms with Gasteiger partial charge in [-0.3, -0.25) is 0 Å². The van der Waals surface area contributed by atoms with Crippen LogP contribution in [0.4, 0.5) is 0 Å². The Balaban J connectivity index is 0.919. The molecule has 17 atom stereocenters. The minimum atomic E-state index is -1.73. The second-order valence-corrected chi connectivity index (χ2v) is 19.1. The molecule has 6 saturated heterocycles. The molecule has 7 aliphatic heterocycles. The van der Waals surface area contributed by atoms with Gasteiger partial charge in [-0.1, -0.05) is 45.1 Å². The topological polar surface area (TPSA) is 172 Å². The smallest absolute Gasteiger partial charge is 0.337 e. The van der Waals surface area contributed by atoms with Crippen LogP contribution in [0.2, 0.25) is 0 Å². The van der Waals surface area contributed by atoms with Gasteiger partial charge in [0.1, 0.15) is 24.4 Å². The van der Waals surface area contributed by atoms with Crippen LogP contribution in [0.1, 0.15) is 125 Å². The summed E-state index contributed by atoms with van der Waals surface area (Å²) in [6.45, 7) is 14.7. The molecule has 0 aromatic heterocycles. The Kier molecular flexibility index (Phi) is 13.4. The van der Waals surface area contributed by atoms with E-state index in [9.17, 15) is 25.2 Å². The Morgan fingerprint density at radius 2 is 1.78 bits per heavy atom. The number of carbonyl (C=O) groups is 1. The van der Waals surface area contributed by atoms with Gasteiger partial charge in [0.05, 0.1) is 50.3 Å². The average Bonchev–Trinajstić information content (AvgIpc) is 3.59. The molecule has 7 heterocycles. The lowest BCUT2D eigenvalue weighted by atomic mass is 9.79. The van der Waals surface area contributed by atoms with Crippen LogP contribution >= 0.6 is 0 Å². The molecule has 0 saturated carbocycles. The van der Waals surface area contributed by atoms with Crippen LogP contribution in [0.25, 0.3) is 0 Å². The zero-order valence-electron chi connectivity index (χ0n) is 35.5. The molecular formula is C45H70O13. The fourth-order valence-electron chi connectivity index (χ4n) is 10.8. The molecule has 0 aliphatic carbocycles. The molecule has 0 amide bonds. The number of fused-ring (bicyclic) bond motifs is 1. The first-order valence-corrected chi connectivity index (χ1v) is 22.1. The number of aliphatic hydroxyl groups excluding tert-OH is 3. The molecule has 6 fully saturated rings. The van der Waals surface area contributed by atoms with Crippen molar-refractivity contribution < 1.29 is 63.1 Å². The number of methoxy groups -OCH3 is 1. The van der Waals surface area contributed by atoms with Gasteiger partial charge in [-0.05, 0) is 95.1 Å². The highest BCUT2D eigenvalue weighted by atomic mass is 16.7. The number of esters is 1. The van der Waals surface area contributed by atoms with Gasteiger partial charge in [0.25, 0.3) is 0 Å². The molecule has 0 bridgehead atoms. The van der Waals surface area contributed by atoms with Crippen molar-refractivity contribution >= 4 is 5.97 Å². The highest BCUT2D eigenvalue weighted by molar-refractivity contribution is 5.78. The summed E-state index contributed by atoms with van der Waals surface area (Å²) >= 11 is 0. The molecule has 328 valence electrons. The highest BCUT2D eigenvalue weighted by Gasteiger charge is 2.55. The van der Waals surface area contributed by atoms with Crippen LogP contribution < -0.4 is 0 Å². The van der Waals surface area contributed by atoms with Crippen LogP contribution in [0.3, 0.4) is 0 Å². The predicted molar refractivity (Wildman–Crippen MR) is 212 cm³/mol. The van der Waals surface area contributed by atoms with Crippen molar-refractivity contribution in [2.75, 3.05) is 13.7 Å². The van der Waals surface area contributed by atoms with Crippen molar-refractivity contribution in [3.63, 3.8) is 0 Å². The third kappa shape index (κ3) is 9.21. The number of aliphatic hydroxyl groups is 4. The van der Waals surface area contributed by atoms with Crippen molar-refractivity contribution in [1.82, 2.24) is 0 Å². The number of ether oxygens (including phenoxy) is 8. The first-order valence-electron chi connectivity index (χ1n) is 22.1. The van der Waals surface area contributed by atoms with E-state index in [0.29, 0.717) is 56.4 Å². The molecule has 0 aromatic carbocycles. The van der Waals surface area contributed by atoms with E-state index in [-0.39, 0.29) is 36.6 Å². The first-order chi connectivity index (χ1) is 27.5. The van der Waals surface area contributed by atoms with Crippen LogP contribution in [-0.2, 0) is 42.7 Å². The van der Waals surface area contributed by atoms with Gasteiger partial charge in [0, 0.05) is 38.0 Å². The molecule has 3 unspecified atom stereocenters. The standard InChI is InChI=1S/C45H70O13/c1-26-22-35(56-45(24-26)36(47)13-12-32(55-45)25-42(6,50)41(49)51-7)27(2)10-11-31-15-19-44(54-31)20-16-34-40(58-44)37(48)30(5)39(53-34)33(46)23-29(4)38-28(3)14-18-43(57-38)17-8-9-21-52-43/h10-11,24,27-29,31-40,46-48,50H,5,8-9,12-23,25H2,1-4,6-7H3/b11-10+/t27-,28-,29+,31-,32+,33+,34?,35+,36-,37-,38?,39+,40?,42-,43+,44-,45-/m1/s1. The van der Waals surface area contributed by atoms with Crippen LogP contribution in [0, 0.1) is 17.8 Å². The maximum absolute atomic E-state index is 12.2. The van der Waals surface area contributed by atoms with Gasteiger partial charge in [-0.15, -0.1) is 0 Å². The Hall–Kier alpha value is -1.75. The van der Waals surface area contributed by atoms with E-state index < -0.39 is 71.7 Å². The normalized spacial score (nSPS) is 44.8. The van der Waals surface area contributed by atoms with Gasteiger partial charge in [-0.25, -0.2) is 4.79 Å². The van der Waals surface area contributed by atoms with Crippen LogP contribution in [0.5, 0.6) is 0 Å². The lowest BCUT2D eigenvalue weighted by Crippen LogP contribution is -2.60. The molecule has 4 N–H and O–H groups in total. The lowest BCUT2D eigenvalue weighted by Gasteiger charge is -2.50. The van der Waals surface area contributed by atoms with Crippen LogP contribution in [0.15, 0.2) is 36.0 Å². The second-order valence-electron chi connectivity index (χ2n) is 19.1. The van der Waals surface area contributed by atoms with Gasteiger partial charge >= 0.3 is 5.97 Å². The quantitative estimate of drug-likeness (QED) is 0.166. The zero-order chi connectivity index (χ0) is 41.6. The van der Waals surface area contributed by atoms with Crippen molar-refractivity contribution in [1.29, 1.82) is 0 Å². The highest BCUT2D eigenvalue weighted by Crippen LogP contribution is 2.47. The summed E-state index contributed by atoms with van der Waals surface area (Å²) in [5.74, 6) is -3.15. The Morgan fingerprint density at radius 1 is 1.02 bits per heavy atom. The minimum Gasteiger partial charge on any atom is -0.467 e. The molecule has 0 radical (unpaired) electrons. The van der Waals surface area contributed by atoms with Crippen molar-refractivity contribution in [3.05, 3.63) is 36.0 Å². The first kappa shape index (κ1) is 44.3. The lowest BCUT2D eigenvalue weighted by molar-refractivity contribution is -0.321. The van der Waals surface area contributed by atoms with Crippen LogP contribution in [-0.4, -0.2) is 124 Å². The summed E-state index contributed by atoms with van der Waals surface area (Å²) in [6.07, 6.45) is 9.94. The van der Waals surface area contributed by atoms with Gasteiger partial charge in [0.15, 0.2) is 17.2 Å². The zero-order valence-corrected chi connectivity index (χ0v) is 35.5. The van der Waals surface area contributed by atoms with Gasteiger partial charge < -0.3 is 58.3 Å².